The highest BCUT2D eigenvalue weighted by Crippen LogP contribution is 2.14. The lowest BCUT2D eigenvalue weighted by atomic mass is 10.2. The summed E-state index contributed by atoms with van der Waals surface area (Å²) in [4.78, 5) is 11.0. The van der Waals surface area contributed by atoms with Gasteiger partial charge in [-0.1, -0.05) is 6.08 Å². The zero-order chi connectivity index (χ0) is 14.2. The largest absolute Gasteiger partial charge is 0.459 e. The Morgan fingerprint density at radius 2 is 2.30 bits per heavy atom. The fourth-order valence-corrected chi connectivity index (χ4v) is 3.17. The third kappa shape index (κ3) is 5.13. The Bertz CT molecular complexity index is 421. The van der Waals surface area contributed by atoms with Crippen molar-refractivity contribution in [3.63, 3.8) is 0 Å². The van der Waals surface area contributed by atoms with Gasteiger partial charge in [0.05, 0.1) is 0 Å². The summed E-state index contributed by atoms with van der Waals surface area (Å²) < 4.78 is 5.98. The predicted molar refractivity (Wildman–Crippen MR) is 84.4 cm³/mol. The molecule has 0 aliphatic carbocycles. The second-order valence-electron chi connectivity index (χ2n) is 5.00. The van der Waals surface area contributed by atoms with Gasteiger partial charge in [0.15, 0.2) is 0 Å². The minimum absolute atomic E-state index is 0.137. The summed E-state index contributed by atoms with van der Waals surface area (Å²) >= 11 is 2.03. The van der Waals surface area contributed by atoms with E-state index in [2.05, 4.69) is 21.4 Å². The molecule has 0 N–H and O–H groups in total. The number of aryl methyl sites for hydroxylation is 1. The Labute approximate surface area is 125 Å². The van der Waals surface area contributed by atoms with Crippen LogP contribution >= 0.6 is 11.8 Å². The van der Waals surface area contributed by atoms with Gasteiger partial charge in [-0.2, -0.15) is 11.8 Å². The molecule has 1 aliphatic rings. The number of ether oxygens (including phenoxy) is 1. The molecule has 0 radical (unpaired) electrons. The van der Waals surface area contributed by atoms with Crippen LogP contribution in [-0.2, 0) is 0 Å². The van der Waals surface area contributed by atoms with Gasteiger partial charge in [0.25, 0.3) is 0 Å². The van der Waals surface area contributed by atoms with E-state index in [9.17, 15) is 0 Å². The Hall–Kier alpha value is -1.07. The van der Waals surface area contributed by atoms with E-state index in [0.29, 0.717) is 6.01 Å². The SMILES string of the molecule is C=CCC[C@@H](CN1CCSCC1)Oc1nccc(C)n1. The number of hydrogen-bond acceptors (Lipinski definition) is 5. The summed E-state index contributed by atoms with van der Waals surface area (Å²) in [6.45, 7) is 8.99. The molecule has 1 atom stereocenters. The molecule has 20 heavy (non-hydrogen) atoms. The van der Waals surface area contributed by atoms with Gasteiger partial charge in [0.2, 0.25) is 0 Å². The predicted octanol–water partition coefficient (Wildman–Crippen LogP) is 2.55. The second kappa shape index (κ2) is 8.27. The fraction of sp³-hybridized carbons (Fsp3) is 0.600. The van der Waals surface area contributed by atoms with Crippen LogP contribution in [0.4, 0.5) is 0 Å². The van der Waals surface area contributed by atoms with Crippen molar-refractivity contribution in [2.75, 3.05) is 31.1 Å². The monoisotopic (exact) mass is 293 g/mol. The van der Waals surface area contributed by atoms with Crippen LogP contribution in [0.5, 0.6) is 6.01 Å². The van der Waals surface area contributed by atoms with Crippen LogP contribution in [0.3, 0.4) is 0 Å². The number of rotatable bonds is 7. The van der Waals surface area contributed by atoms with E-state index >= 15 is 0 Å². The highest BCUT2D eigenvalue weighted by Gasteiger charge is 2.18. The van der Waals surface area contributed by atoms with Crippen LogP contribution in [0.2, 0.25) is 0 Å². The fourth-order valence-electron chi connectivity index (χ4n) is 2.19. The Balaban J connectivity index is 1.93. The minimum atomic E-state index is 0.137. The van der Waals surface area contributed by atoms with E-state index in [1.165, 1.54) is 11.5 Å². The van der Waals surface area contributed by atoms with Crippen LogP contribution in [0, 0.1) is 6.92 Å². The lowest BCUT2D eigenvalue weighted by molar-refractivity contribution is 0.121. The van der Waals surface area contributed by atoms with Gasteiger partial charge in [0, 0.05) is 43.0 Å². The summed E-state index contributed by atoms with van der Waals surface area (Å²) in [7, 11) is 0. The minimum Gasteiger partial charge on any atom is -0.459 e. The zero-order valence-corrected chi connectivity index (χ0v) is 12.9. The number of nitrogens with zero attached hydrogens (tertiary/aromatic N) is 3. The van der Waals surface area contributed by atoms with Gasteiger partial charge >= 0.3 is 6.01 Å². The summed E-state index contributed by atoms with van der Waals surface area (Å²) in [5, 5.41) is 0. The molecule has 0 unspecified atom stereocenters. The van der Waals surface area contributed by atoms with Crippen molar-refractivity contribution >= 4 is 11.8 Å². The average Bonchev–Trinajstić information content (AvgIpc) is 2.46. The van der Waals surface area contributed by atoms with E-state index in [1.807, 2.05) is 30.8 Å². The summed E-state index contributed by atoms with van der Waals surface area (Å²) in [6, 6.07) is 2.37. The highest BCUT2D eigenvalue weighted by atomic mass is 32.2. The maximum atomic E-state index is 5.98. The van der Waals surface area contributed by atoms with Crippen molar-refractivity contribution in [2.24, 2.45) is 0 Å². The molecular formula is C15H23N3OS. The topological polar surface area (TPSA) is 38.2 Å². The van der Waals surface area contributed by atoms with Gasteiger partial charge in [0.1, 0.15) is 6.10 Å². The van der Waals surface area contributed by atoms with Gasteiger partial charge < -0.3 is 4.74 Å². The molecule has 0 bridgehead atoms. The van der Waals surface area contributed by atoms with Crippen molar-refractivity contribution in [2.45, 2.75) is 25.9 Å². The van der Waals surface area contributed by atoms with Crippen molar-refractivity contribution in [3.8, 4) is 6.01 Å². The van der Waals surface area contributed by atoms with Crippen LogP contribution in [-0.4, -0.2) is 52.1 Å². The maximum absolute atomic E-state index is 5.98. The molecule has 1 fully saturated rings. The lowest BCUT2D eigenvalue weighted by Gasteiger charge is -2.29. The van der Waals surface area contributed by atoms with Crippen LogP contribution in [0.1, 0.15) is 18.5 Å². The third-order valence-electron chi connectivity index (χ3n) is 3.30. The molecule has 1 aromatic heterocycles. The molecule has 5 heteroatoms. The standard InChI is InChI=1S/C15H23N3OS/c1-3-4-5-14(12-18-8-10-20-11-9-18)19-15-16-7-6-13(2)17-15/h3,6-7,14H,1,4-5,8-12H2,2H3/t14-/m0/s1. The summed E-state index contributed by atoms with van der Waals surface area (Å²) in [5.74, 6) is 2.43. The van der Waals surface area contributed by atoms with Gasteiger partial charge in [-0.15, -0.1) is 6.58 Å². The van der Waals surface area contributed by atoms with Gasteiger partial charge in [-0.3, -0.25) is 4.90 Å². The Morgan fingerprint density at radius 3 is 3.00 bits per heavy atom. The zero-order valence-electron chi connectivity index (χ0n) is 12.1. The molecule has 0 amide bonds. The molecule has 110 valence electrons. The van der Waals surface area contributed by atoms with Crippen LogP contribution in [0.25, 0.3) is 0 Å². The first-order valence-corrected chi connectivity index (χ1v) is 8.30. The summed E-state index contributed by atoms with van der Waals surface area (Å²) in [6.07, 6.45) is 5.75. The molecule has 0 saturated carbocycles. The first-order chi connectivity index (χ1) is 9.78. The van der Waals surface area contributed by atoms with Gasteiger partial charge in [-0.05, 0) is 25.8 Å². The van der Waals surface area contributed by atoms with Gasteiger partial charge in [-0.25, -0.2) is 9.97 Å². The molecule has 2 rings (SSSR count). The molecule has 2 heterocycles. The Kier molecular flexibility index (Phi) is 6.33. The molecule has 1 aliphatic heterocycles. The van der Waals surface area contributed by atoms with E-state index in [-0.39, 0.29) is 6.10 Å². The van der Waals surface area contributed by atoms with E-state index in [0.717, 1.165) is 38.2 Å². The van der Waals surface area contributed by atoms with Crippen LogP contribution < -0.4 is 4.74 Å². The average molecular weight is 293 g/mol. The third-order valence-corrected chi connectivity index (χ3v) is 4.25. The number of aromatic nitrogens is 2. The van der Waals surface area contributed by atoms with Crippen molar-refractivity contribution in [1.82, 2.24) is 14.9 Å². The normalized spacial score (nSPS) is 17.6. The summed E-state index contributed by atoms with van der Waals surface area (Å²) in [5.41, 5.74) is 0.937. The van der Waals surface area contributed by atoms with E-state index < -0.39 is 0 Å². The maximum Gasteiger partial charge on any atom is 0.316 e. The first-order valence-electron chi connectivity index (χ1n) is 7.15. The van der Waals surface area contributed by atoms with Crippen molar-refractivity contribution in [3.05, 3.63) is 30.6 Å². The van der Waals surface area contributed by atoms with Crippen LogP contribution in [0.15, 0.2) is 24.9 Å². The first kappa shape index (κ1) is 15.3. The highest BCUT2D eigenvalue weighted by molar-refractivity contribution is 7.99. The second-order valence-corrected chi connectivity index (χ2v) is 6.22. The molecule has 1 aromatic rings. The number of hydrogen-bond donors (Lipinski definition) is 0. The quantitative estimate of drug-likeness (QED) is 0.722. The molecule has 1 saturated heterocycles. The molecule has 4 nitrogen and oxygen atoms in total. The number of allylic oxidation sites excluding steroid dienone is 1. The van der Waals surface area contributed by atoms with E-state index in [4.69, 9.17) is 4.74 Å². The smallest absolute Gasteiger partial charge is 0.316 e. The number of thioether (sulfide) groups is 1. The van der Waals surface area contributed by atoms with Crippen molar-refractivity contribution < 1.29 is 4.74 Å². The molecule has 0 spiro atoms. The lowest BCUT2D eigenvalue weighted by Crippen LogP contribution is -2.40. The molecular weight excluding hydrogens is 270 g/mol. The van der Waals surface area contributed by atoms with Crippen molar-refractivity contribution in [1.29, 1.82) is 0 Å². The Morgan fingerprint density at radius 1 is 1.50 bits per heavy atom. The molecule has 0 aromatic carbocycles. The van der Waals surface area contributed by atoms with E-state index in [1.54, 1.807) is 6.20 Å².